The van der Waals surface area contributed by atoms with Crippen molar-refractivity contribution in [2.24, 2.45) is 11.8 Å². The van der Waals surface area contributed by atoms with Crippen LogP contribution in [-0.4, -0.2) is 66.8 Å². The van der Waals surface area contributed by atoms with Crippen LogP contribution >= 0.6 is 0 Å². The van der Waals surface area contributed by atoms with Crippen LogP contribution in [0.4, 0.5) is 0 Å². The van der Waals surface area contributed by atoms with Gasteiger partial charge in [-0.2, -0.15) is 0 Å². The van der Waals surface area contributed by atoms with Crippen molar-refractivity contribution < 1.29 is 19.1 Å². The third-order valence-electron chi connectivity index (χ3n) is 6.11. The lowest BCUT2D eigenvalue weighted by molar-refractivity contribution is -0.222. The minimum absolute atomic E-state index is 0.0453. The summed E-state index contributed by atoms with van der Waals surface area (Å²) in [6.07, 6.45) is 1.57. The summed E-state index contributed by atoms with van der Waals surface area (Å²) in [5.74, 6) is -0.542. The summed E-state index contributed by atoms with van der Waals surface area (Å²) >= 11 is 0. The molecule has 2 fully saturated rings. The zero-order valence-electron chi connectivity index (χ0n) is 17.6. The summed E-state index contributed by atoms with van der Waals surface area (Å²) in [5.41, 5.74) is 0.641. The third kappa shape index (κ3) is 3.55. The number of hydrogen-bond donors (Lipinski definition) is 0. The van der Waals surface area contributed by atoms with Crippen LogP contribution < -0.4 is 0 Å². The molecule has 1 aromatic rings. The van der Waals surface area contributed by atoms with Crippen molar-refractivity contribution in [2.75, 3.05) is 27.3 Å². The number of carbonyl (C=O) groups is 2. The van der Waals surface area contributed by atoms with Crippen LogP contribution in [0.5, 0.6) is 0 Å². The molecule has 3 rings (SSSR count). The Labute approximate surface area is 167 Å². The first-order valence-electron chi connectivity index (χ1n) is 10.1. The molecule has 0 unspecified atom stereocenters. The highest BCUT2D eigenvalue weighted by molar-refractivity contribution is 5.95. The highest BCUT2D eigenvalue weighted by atomic mass is 16.7. The molecule has 0 radical (unpaired) electrons. The molecule has 6 nitrogen and oxygen atoms in total. The van der Waals surface area contributed by atoms with E-state index in [0.717, 1.165) is 12.8 Å². The molecule has 28 heavy (non-hydrogen) atoms. The number of hydrogen-bond acceptors (Lipinski definition) is 4. The molecule has 2 heterocycles. The quantitative estimate of drug-likeness (QED) is 0.703. The molecule has 0 N–H and O–H groups in total. The number of likely N-dealkylation sites (tertiary alicyclic amines) is 2. The zero-order valence-corrected chi connectivity index (χ0v) is 17.6. The number of carbonyl (C=O) groups excluding carboxylic acids is 2. The van der Waals surface area contributed by atoms with E-state index in [-0.39, 0.29) is 29.8 Å². The van der Waals surface area contributed by atoms with Crippen molar-refractivity contribution in [3.63, 3.8) is 0 Å². The Hall–Kier alpha value is -1.92. The fourth-order valence-electron chi connectivity index (χ4n) is 4.84. The Bertz CT molecular complexity index is 702. The maximum atomic E-state index is 13.2. The van der Waals surface area contributed by atoms with E-state index < -0.39 is 5.79 Å². The highest BCUT2D eigenvalue weighted by Gasteiger charge is 2.61. The molecule has 2 amide bonds. The fraction of sp³-hybridized carbons (Fsp3) is 0.636. The number of methoxy groups -OCH3 is 2. The second-order valence-electron chi connectivity index (χ2n) is 8.38. The first-order valence-corrected chi connectivity index (χ1v) is 10.1. The molecule has 0 saturated carbocycles. The van der Waals surface area contributed by atoms with Gasteiger partial charge in [-0.3, -0.25) is 9.59 Å². The predicted molar refractivity (Wildman–Crippen MR) is 107 cm³/mol. The van der Waals surface area contributed by atoms with Crippen molar-refractivity contribution in [3.8, 4) is 0 Å². The van der Waals surface area contributed by atoms with Crippen molar-refractivity contribution in [2.45, 2.75) is 51.5 Å². The van der Waals surface area contributed by atoms with Gasteiger partial charge >= 0.3 is 0 Å². The van der Waals surface area contributed by atoms with Gasteiger partial charge in [0.15, 0.2) is 0 Å². The minimum Gasteiger partial charge on any atom is -0.350 e. The lowest BCUT2D eigenvalue weighted by Gasteiger charge is -2.37. The second-order valence-corrected chi connectivity index (χ2v) is 8.38. The van der Waals surface area contributed by atoms with Gasteiger partial charge in [-0.1, -0.05) is 39.0 Å². The number of ether oxygens (including phenoxy) is 2. The molecule has 1 aromatic carbocycles. The summed E-state index contributed by atoms with van der Waals surface area (Å²) in [6, 6.07) is 8.85. The SMILES string of the molecule is COC1(OC)CN(C(=O)c2ccccc2)[C@@H]2CCN(C(=O)[C@@H](C)CC(C)C)[C@@H]21. The van der Waals surface area contributed by atoms with Gasteiger partial charge in [0.05, 0.1) is 12.6 Å². The van der Waals surface area contributed by atoms with E-state index in [4.69, 9.17) is 9.47 Å². The summed E-state index contributed by atoms with van der Waals surface area (Å²) in [5, 5.41) is 0. The van der Waals surface area contributed by atoms with Crippen LogP contribution in [0.3, 0.4) is 0 Å². The van der Waals surface area contributed by atoms with Crippen LogP contribution in [0.15, 0.2) is 30.3 Å². The van der Waals surface area contributed by atoms with Gasteiger partial charge in [0.1, 0.15) is 6.04 Å². The molecule has 0 bridgehead atoms. The predicted octanol–water partition coefficient (Wildman–Crippen LogP) is 2.78. The van der Waals surface area contributed by atoms with Gasteiger partial charge in [0.2, 0.25) is 11.7 Å². The maximum absolute atomic E-state index is 13.2. The average Bonchev–Trinajstić information content (AvgIpc) is 3.26. The van der Waals surface area contributed by atoms with Crippen LogP contribution in [0.1, 0.15) is 44.0 Å². The summed E-state index contributed by atoms with van der Waals surface area (Å²) in [7, 11) is 3.19. The number of amides is 2. The molecule has 0 aromatic heterocycles. The first-order chi connectivity index (χ1) is 13.3. The molecule has 2 aliphatic rings. The van der Waals surface area contributed by atoms with E-state index in [1.54, 1.807) is 14.2 Å². The molecule has 2 aliphatic heterocycles. The van der Waals surface area contributed by atoms with Crippen molar-refractivity contribution in [3.05, 3.63) is 35.9 Å². The topological polar surface area (TPSA) is 59.1 Å². The van der Waals surface area contributed by atoms with E-state index in [1.165, 1.54) is 0 Å². The van der Waals surface area contributed by atoms with Crippen LogP contribution in [0.25, 0.3) is 0 Å². The Morgan fingerprint density at radius 1 is 1.11 bits per heavy atom. The van der Waals surface area contributed by atoms with Gasteiger partial charge < -0.3 is 19.3 Å². The van der Waals surface area contributed by atoms with Gasteiger partial charge in [-0.05, 0) is 30.9 Å². The second kappa shape index (κ2) is 8.21. The minimum atomic E-state index is -1.00. The molecule has 0 aliphatic carbocycles. The van der Waals surface area contributed by atoms with E-state index >= 15 is 0 Å². The molecule has 6 heteroatoms. The van der Waals surface area contributed by atoms with E-state index in [2.05, 4.69) is 13.8 Å². The molecule has 0 spiro atoms. The fourth-order valence-corrected chi connectivity index (χ4v) is 4.84. The van der Waals surface area contributed by atoms with Gasteiger partial charge in [-0.25, -0.2) is 0 Å². The van der Waals surface area contributed by atoms with Crippen molar-refractivity contribution >= 4 is 11.8 Å². The lowest BCUT2D eigenvalue weighted by atomic mass is 9.96. The maximum Gasteiger partial charge on any atom is 0.254 e. The Morgan fingerprint density at radius 3 is 2.32 bits per heavy atom. The van der Waals surface area contributed by atoms with Gasteiger partial charge in [0, 0.05) is 32.2 Å². The molecular weight excluding hydrogens is 356 g/mol. The number of nitrogens with zero attached hydrogens (tertiary/aromatic N) is 2. The largest absolute Gasteiger partial charge is 0.350 e. The van der Waals surface area contributed by atoms with Crippen LogP contribution in [0.2, 0.25) is 0 Å². The summed E-state index contributed by atoms with van der Waals surface area (Å²) < 4.78 is 11.6. The van der Waals surface area contributed by atoms with E-state index in [0.29, 0.717) is 24.6 Å². The first kappa shape index (κ1) is 20.8. The standard InChI is InChI=1S/C22H32N2O4/c1-15(2)13-16(3)20(25)23-12-11-18-19(23)22(27-4,28-5)14-24(18)21(26)17-9-7-6-8-10-17/h6-10,15-16,18-19H,11-14H2,1-5H3/t16-,18+,19-/m0/s1. The monoisotopic (exact) mass is 388 g/mol. The van der Waals surface area contributed by atoms with Gasteiger partial charge in [0.25, 0.3) is 5.91 Å². The molecule has 2 saturated heterocycles. The lowest BCUT2D eigenvalue weighted by Crippen LogP contribution is -2.55. The normalized spacial score (nSPS) is 24.5. The van der Waals surface area contributed by atoms with Crippen molar-refractivity contribution in [1.82, 2.24) is 9.80 Å². The number of fused-ring (bicyclic) bond motifs is 1. The number of benzene rings is 1. The Morgan fingerprint density at radius 2 is 1.75 bits per heavy atom. The van der Waals surface area contributed by atoms with Crippen LogP contribution in [-0.2, 0) is 14.3 Å². The third-order valence-corrected chi connectivity index (χ3v) is 6.11. The van der Waals surface area contributed by atoms with Crippen molar-refractivity contribution in [1.29, 1.82) is 0 Å². The van der Waals surface area contributed by atoms with Crippen LogP contribution in [0, 0.1) is 11.8 Å². The van der Waals surface area contributed by atoms with E-state index in [1.807, 2.05) is 47.1 Å². The smallest absolute Gasteiger partial charge is 0.254 e. The van der Waals surface area contributed by atoms with E-state index in [9.17, 15) is 9.59 Å². The molecule has 154 valence electrons. The molecule has 3 atom stereocenters. The molecular formula is C22H32N2O4. The summed E-state index contributed by atoms with van der Waals surface area (Å²) in [4.78, 5) is 30.1. The van der Waals surface area contributed by atoms with Gasteiger partial charge in [-0.15, -0.1) is 0 Å². The Balaban J connectivity index is 1.89. The average molecular weight is 389 g/mol. The number of rotatable bonds is 6. The summed E-state index contributed by atoms with van der Waals surface area (Å²) in [6.45, 7) is 7.16. The Kier molecular flexibility index (Phi) is 6.10. The zero-order chi connectivity index (χ0) is 20.5. The highest BCUT2D eigenvalue weighted by Crippen LogP contribution is 2.42.